The van der Waals surface area contributed by atoms with Crippen LogP contribution in [0.4, 0.5) is 37.7 Å². The summed E-state index contributed by atoms with van der Waals surface area (Å²) in [5.74, 6) is 0. The lowest BCUT2D eigenvalue weighted by Gasteiger charge is -2.20. The standard InChI is InChI=1S/C20H21F6N3O2S2/c1-4-29(5-2)33(30,31)16-7-6-12(3)17(11-16)28-18(32)27-15-9-13(19(21,22)23)8-14(10-15)20(24,25)26/h6-11H,4-5H2,1-3H3,(H2,27,28,32). The Labute approximate surface area is 192 Å². The molecular weight excluding hydrogens is 492 g/mol. The van der Waals surface area contributed by atoms with Crippen molar-refractivity contribution in [2.45, 2.75) is 38.0 Å². The number of benzene rings is 2. The zero-order valence-electron chi connectivity index (χ0n) is 17.7. The van der Waals surface area contributed by atoms with Crippen LogP contribution in [0.5, 0.6) is 0 Å². The van der Waals surface area contributed by atoms with Gasteiger partial charge in [-0.25, -0.2) is 8.42 Å². The monoisotopic (exact) mass is 513 g/mol. The molecule has 5 nitrogen and oxygen atoms in total. The molecule has 0 saturated heterocycles. The van der Waals surface area contributed by atoms with E-state index in [0.29, 0.717) is 17.7 Å². The highest BCUT2D eigenvalue weighted by molar-refractivity contribution is 7.89. The van der Waals surface area contributed by atoms with Gasteiger partial charge in [0.15, 0.2) is 5.11 Å². The fourth-order valence-corrected chi connectivity index (χ4v) is 4.63. The first kappa shape index (κ1) is 26.9. The van der Waals surface area contributed by atoms with E-state index < -0.39 is 39.2 Å². The van der Waals surface area contributed by atoms with Crippen LogP contribution in [0.25, 0.3) is 0 Å². The average molecular weight is 514 g/mol. The van der Waals surface area contributed by atoms with E-state index in [0.717, 1.165) is 0 Å². The molecule has 2 N–H and O–H groups in total. The molecule has 0 saturated carbocycles. The summed E-state index contributed by atoms with van der Waals surface area (Å²) in [4.78, 5) is -0.0412. The normalized spacial score (nSPS) is 12.7. The van der Waals surface area contributed by atoms with Gasteiger partial charge in [-0.3, -0.25) is 0 Å². The topological polar surface area (TPSA) is 61.4 Å². The Kier molecular flexibility index (Phi) is 8.02. The third kappa shape index (κ3) is 6.58. The van der Waals surface area contributed by atoms with Crippen molar-refractivity contribution >= 4 is 38.7 Å². The van der Waals surface area contributed by atoms with Crippen molar-refractivity contribution in [3.63, 3.8) is 0 Å². The number of hydrogen-bond donors (Lipinski definition) is 2. The fourth-order valence-electron chi connectivity index (χ4n) is 2.92. The first-order chi connectivity index (χ1) is 15.1. The number of halogens is 6. The van der Waals surface area contributed by atoms with Crippen molar-refractivity contribution in [1.82, 2.24) is 4.31 Å². The van der Waals surface area contributed by atoms with E-state index in [2.05, 4.69) is 10.6 Å². The highest BCUT2D eigenvalue weighted by Crippen LogP contribution is 2.37. The maximum Gasteiger partial charge on any atom is 0.416 e. The third-order valence-corrected chi connectivity index (χ3v) is 6.90. The minimum absolute atomic E-state index is 0.00729. The Morgan fingerprint density at radius 1 is 0.909 bits per heavy atom. The summed E-state index contributed by atoms with van der Waals surface area (Å²) >= 11 is 5.04. The van der Waals surface area contributed by atoms with Crippen molar-refractivity contribution in [3.05, 3.63) is 53.1 Å². The lowest BCUT2D eigenvalue weighted by Crippen LogP contribution is -2.30. The van der Waals surface area contributed by atoms with E-state index in [9.17, 15) is 34.8 Å². The van der Waals surface area contributed by atoms with Crippen molar-refractivity contribution < 1.29 is 34.8 Å². The summed E-state index contributed by atoms with van der Waals surface area (Å²) in [7, 11) is -3.80. The lowest BCUT2D eigenvalue weighted by atomic mass is 10.1. The van der Waals surface area contributed by atoms with Crippen LogP contribution < -0.4 is 10.6 Å². The Morgan fingerprint density at radius 2 is 1.42 bits per heavy atom. The van der Waals surface area contributed by atoms with Gasteiger partial charge in [-0.1, -0.05) is 19.9 Å². The van der Waals surface area contributed by atoms with Crippen molar-refractivity contribution in [1.29, 1.82) is 0 Å². The molecule has 0 spiro atoms. The van der Waals surface area contributed by atoms with E-state index in [1.165, 1.54) is 22.5 Å². The molecule has 182 valence electrons. The molecule has 0 unspecified atom stereocenters. The van der Waals surface area contributed by atoms with Gasteiger partial charge in [0.05, 0.1) is 16.0 Å². The Balaban J connectivity index is 2.35. The Bertz CT molecular complexity index is 1100. The van der Waals surface area contributed by atoms with Crippen LogP contribution in [-0.2, 0) is 22.4 Å². The number of thiocarbonyl (C=S) groups is 1. The van der Waals surface area contributed by atoms with Gasteiger partial charge in [-0.05, 0) is 55.0 Å². The molecule has 0 radical (unpaired) electrons. The van der Waals surface area contributed by atoms with Gasteiger partial charge in [-0.15, -0.1) is 0 Å². The number of rotatable bonds is 6. The van der Waals surface area contributed by atoms with Gasteiger partial charge in [0.25, 0.3) is 0 Å². The molecule has 2 aromatic carbocycles. The molecule has 0 aliphatic rings. The van der Waals surface area contributed by atoms with Gasteiger partial charge in [0, 0.05) is 24.5 Å². The van der Waals surface area contributed by atoms with Crippen LogP contribution in [0.1, 0.15) is 30.5 Å². The zero-order chi connectivity index (χ0) is 25.2. The van der Waals surface area contributed by atoms with E-state index >= 15 is 0 Å². The van der Waals surface area contributed by atoms with Crippen molar-refractivity contribution in [3.8, 4) is 0 Å². The van der Waals surface area contributed by atoms with Crippen molar-refractivity contribution in [2.75, 3.05) is 23.7 Å². The van der Waals surface area contributed by atoms with E-state index in [4.69, 9.17) is 12.2 Å². The SMILES string of the molecule is CCN(CC)S(=O)(=O)c1ccc(C)c(NC(=S)Nc2cc(C(F)(F)F)cc(C(F)(F)F)c2)c1. The molecule has 33 heavy (non-hydrogen) atoms. The van der Waals surface area contributed by atoms with Crippen LogP contribution in [-0.4, -0.2) is 30.9 Å². The Morgan fingerprint density at radius 3 is 1.88 bits per heavy atom. The number of aryl methyl sites for hydroxylation is 1. The van der Waals surface area contributed by atoms with Gasteiger partial charge >= 0.3 is 12.4 Å². The number of nitrogens with one attached hydrogen (secondary N) is 2. The second-order valence-electron chi connectivity index (χ2n) is 6.94. The van der Waals surface area contributed by atoms with Crippen LogP contribution in [0.15, 0.2) is 41.3 Å². The first-order valence-electron chi connectivity index (χ1n) is 9.57. The molecule has 0 aliphatic carbocycles. The fraction of sp³-hybridized carbons (Fsp3) is 0.350. The van der Waals surface area contributed by atoms with Gasteiger partial charge < -0.3 is 10.6 Å². The number of sulfonamides is 1. The quantitative estimate of drug-likeness (QED) is 0.374. The molecule has 0 atom stereocenters. The molecule has 0 aliphatic heterocycles. The average Bonchev–Trinajstić information content (AvgIpc) is 2.68. The molecule has 0 heterocycles. The van der Waals surface area contributed by atoms with Gasteiger partial charge in [0.2, 0.25) is 10.0 Å². The largest absolute Gasteiger partial charge is 0.416 e. The van der Waals surface area contributed by atoms with E-state index in [-0.39, 0.29) is 34.9 Å². The second kappa shape index (κ2) is 9.85. The summed E-state index contributed by atoms with van der Waals surface area (Å²) in [5, 5.41) is 4.63. The molecule has 13 heteroatoms. The predicted octanol–water partition coefficient (Wildman–Crippen LogP) is 5.87. The second-order valence-corrected chi connectivity index (χ2v) is 9.29. The molecular formula is C20H21F6N3O2S2. The minimum Gasteiger partial charge on any atom is -0.332 e. The summed E-state index contributed by atoms with van der Waals surface area (Å²) < 4.78 is 105. The lowest BCUT2D eigenvalue weighted by molar-refractivity contribution is -0.143. The minimum atomic E-state index is -5.00. The van der Waals surface area contributed by atoms with Crippen LogP contribution in [0.2, 0.25) is 0 Å². The number of alkyl halides is 6. The summed E-state index contributed by atoms with van der Waals surface area (Å²) in [6.07, 6.45) is -10.0. The Hall–Kier alpha value is -2.38. The van der Waals surface area contributed by atoms with E-state index in [1.54, 1.807) is 20.8 Å². The highest BCUT2D eigenvalue weighted by Gasteiger charge is 2.37. The van der Waals surface area contributed by atoms with Crippen LogP contribution in [0, 0.1) is 6.92 Å². The van der Waals surface area contributed by atoms with E-state index in [1.807, 2.05) is 0 Å². The van der Waals surface area contributed by atoms with Gasteiger partial charge in [-0.2, -0.15) is 30.6 Å². The molecule has 0 aromatic heterocycles. The smallest absolute Gasteiger partial charge is 0.332 e. The third-order valence-electron chi connectivity index (χ3n) is 4.65. The summed E-state index contributed by atoms with van der Waals surface area (Å²) in [5.41, 5.74) is -2.74. The maximum absolute atomic E-state index is 13.0. The summed E-state index contributed by atoms with van der Waals surface area (Å²) in [6.45, 7) is 5.47. The molecule has 2 rings (SSSR count). The summed E-state index contributed by atoms with van der Waals surface area (Å²) in [6, 6.07) is 5.20. The predicted molar refractivity (Wildman–Crippen MR) is 118 cm³/mol. The molecule has 0 amide bonds. The van der Waals surface area contributed by atoms with Crippen LogP contribution >= 0.6 is 12.2 Å². The number of nitrogens with zero attached hydrogens (tertiary/aromatic N) is 1. The number of hydrogen-bond acceptors (Lipinski definition) is 3. The molecule has 2 aromatic rings. The van der Waals surface area contributed by atoms with Crippen molar-refractivity contribution in [2.24, 2.45) is 0 Å². The first-order valence-corrected chi connectivity index (χ1v) is 11.4. The molecule has 0 bridgehead atoms. The molecule has 0 fully saturated rings. The maximum atomic E-state index is 13.0. The number of anilines is 2. The highest BCUT2D eigenvalue weighted by atomic mass is 32.2. The van der Waals surface area contributed by atoms with Gasteiger partial charge in [0.1, 0.15) is 0 Å². The zero-order valence-corrected chi connectivity index (χ0v) is 19.4. The van der Waals surface area contributed by atoms with Crippen LogP contribution in [0.3, 0.4) is 0 Å².